The fourth-order valence-electron chi connectivity index (χ4n) is 5.04. The topological polar surface area (TPSA) is 105 Å². The van der Waals surface area contributed by atoms with Gasteiger partial charge in [-0.2, -0.15) is 9.61 Å². The molecule has 0 unspecified atom stereocenters. The van der Waals surface area contributed by atoms with Crippen LogP contribution in [0.3, 0.4) is 0 Å². The van der Waals surface area contributed by atoms with Gasteiger partial charge in [-0.15, -0.1) is 0 Å². The van der Waals surface area contributed by atoms with Crippen LogP contribution in [0.5, 0.6) is 0 Å². The molecule has 0 amide bonds. The van der Waals surface area contributed by atoms with Crippen LogP contribution in [-0.2, 0) is 4.74 Å². The molecule has 39 heavy (non-hydrogen) atoms. The molecule has 1 fully saturated rings. The van der Waals surface area contributed by atoms with Gasteiger partial charge in [-0.25, -0.2) is 4.98 Å². The Morgan fingerprint density at radius 2 is 1.82 bits per heavy atom. The number of nitrogens with zero attached hydrogens (tertiary/aromatic N) is 4. The van der Waals surface area contributed by atoms with E-state index < -0.39 is 13.7 Å². The van der Waals surface area contributed by atoms with Crippen molar-refractivity contribution >= 4 is 19.5 Å². The van der Waals surface area contributed by atoms with E-state index >= 15 is 0 Å². The highest BCUT2D eigenvalue weighted by Crippen LogP contribution is 2.38. The minimum absolute atomic E-state index is 0.191. The zero-order valence-corrected chi connectivity index (χ0v) is 24.1. The van der Waals surface area contributed by atoms with Crippen LogP contribution in [0.2, 0.25) is 25.7 Å². The molecule has 0 saturated heterocycles. The molecule has 3 heterocycles. The van der Waals surface area contributed by atoms with Crippen molar-refractivity contribution in [2.24, 2.45) is 0 Å². The van der Waals surface area contributed by atoms with Gasteiger partial charge in [0.1, 0.15) is 12.5 Å². The summed E-state index contributed by atoms with van der Waals surface area (Å²) >= 11 is 0. The largest absolute Gasteiger partial charge is 0.393 e. The minimum atomic E-state index is -1.16. The number of hydrogen-bond donors (Lipinski definition) is 3. The number of anilines is 1. The van der Waals surface area contributed by atoms with Gasteiger partial charge in [0.05, 0.1) is 24.1 Å². The number of rotatable bonds is 10. The molecule has 0 spiro atoms. The summed E-state index contributed by atoms with van der Waals surface area (Å²) in [5.74, 6) is 1.02. The average Bonchev–Trinajstić information content (AvgIpc) is 3.37. The molecule has 1 aliphatic rings. The third-order valence-corrected chi connectivity index (χ3v) is 9.32. The summed E-state index contributed by atoms with van der Waals surface area (Å²) in [5.41, 5.74) is 4.59. The highest BCUT2D eigenvalue weighted by molar-refractivity contribution is 6.76. The third-order valence-electron chi connectivity index (χ3n) is 7.62. The quantitative estimate of drug-likeness (QED) is 0.136. The molecule has 8 nitrogen and oxygen atoms in total. The van der Waals surface area contributed by atoms with E-state index in [2.05, 4.69) is 54.3 Å². The van der Waals surface area contributed by atoms with E-state index in [1.807, 2.05) is 41.2 Å². The molecule has 4 aromatic rings. The zero-order chi connectivity index (χ0) is 27.5. The maximum atomic E-state index is 10.5. The van der Waals surface area contributed by atoms with Crippen LogP contribution in [0, 0.1) is 0 Å². The fraction of sp³-hybridized carbons (Fsp3) is 0.433. The molecular formula is C30H39N5O3Si. The summed E-state index contributed by atoms with van der Waals surface area (Å²) in [7, 11) is -1.16. The van der Waals surface area contributed by atoms with Crippen molar-refractivity contribution in [3.63, 3.8) is 0 Å². The smallest absolute Gasteiger partial charge is 0.165 e. The molecule has 206 valence electrons. The van der Waals surface area contributed by atoms with E-state index in [-0.39, 0.29) is 12.5 Å². The molecule has 1 aromatic carbocycles. The van der Waals surface area contributed by atoms with E-state index in [9.17, 15) is 10.2 Å². The first-order valence-corrected chi connectivity index (χ1v) is 17.5. The van der Waals surface area contributed by atoms with Gasteiger partial charge in [0.25, 0.3) is 0 Å². The zero-order valence-electron chi connectivity index (χ0n) is 23.1. The molecule has 3 aromatic heterocycles. The SMILES string of the molecule is C[Si](C)(C)CCOCNc1cc(C2CCC(O)(CO)CC2)nc2c(-c3ccc(-c4ccccc4)nc3)cnn12. The Balaban J connectivity index is 1.44. The van der Waals surface area contributed by atoms with E-state index in [4.69, 9.17) is 14.7 Å². The van der Waals surface area contributed by atoms with Crippen molar-refractivity contribution in [1.82, 2.24) is 19.6 Å². The highest BCUT2D eigenvalue weighted by Gasteiger charge is 2.34. The lowest BCUT2D eigenvalue weighted by Gasteiger charge is -2.34. The molecule has 0 radical (unpaired) electrons. The average molecular weight is 546 g/mol. The molecule has 1 aliphatic carbocycles. The van der Waals surface area contributed by atoms with Crippen molar-refractivity contribution in [3.8, 4) is 22.4 Å². The van der Waals surface area contributed by atoms with Crippen LogP contribution in [0.4, 0.5) is 5.82 Å². The molecule has 0 aliphatic heterocycles. The molecule has 9 heteroatoms. The van der Waals surface area contributed by atoms with Crippen molar-refractivity contribution < 1.29 is 14.9 Å². The normalized spacial score (nSPS) is 19.9. The van der Waals surface area contributed by atoms with E-state index in [1.165, 1.54) is 0 Å². The van der Waals surface area contributed by atoms with Gasteiger partial charge < -0.3 is 20.3 Å². The predicted molar refractivity (Wildman–Crippen MR) is 157 cm³/mol. The van der Waals surface area contributed by atoms with Crippen LogP contribution in [0.1, 0.15) is 37.3 Å². The lowest BCUT2D eigenvalue weighted by molar-refractivity contribution is -0.0458. The second-order valence-corrected chi connectivity index (χ2v) is 17.5. The maximum Gasteiger partial charge on any atom is 0.165 e. The van der Waals surface area contributed by atoms with Crippen LogP contribution in [0.25, 0.3) is 28.0 Å². The summed E-state index contributed by atoms with van der Waals surface area (Å²) in [4.78, 5) is 9.79. The number of nitrogens with one attached hydrogen (secondary N) is 1. The monoisotopic (exact) mass is 545 g/mol. The van der Waals surface area contributed by atoms with Crippen LogP contribution in [0.15, 0.2) is 60.9 Å². The number of aliphatic hydroxyl groups is 2. The van der Waals surface area contributed by atoms with Gasteiger partial charge >= 0.3 is 0 Å². The summed E-state index contributed by atoms with van der Waals surface area (Å²) in [6, 6.07) is 17.4. The van der Waals surface area contributed by atoms with E-state index in [0.717, 1.165) is 65.0 Å². The second-order valence-electron chi connectivity index (χ2n) is 11.9. The van der Waals surface area contributed by atoms with Gasteiger partial charge in [-0.3, -0.25) is 4.98 Å². The number of ether oxygens (including phenoxy) is 1. The Morgan fingerprint density at radius 1 is 1.05 bits per heavy atom. The molecule has 5 rings (SSSR count). The Bertz CT molecular complexity index is 1380. The van der Waals surface area contributed by atoms with Crippen LogP contribution >= 0.6 is 0 Å². The van der Waals surface area contributed by atoms with E-state index in [0.29, 0.717) is 19.6 Å². The summed E-state index contributed by atoms with van der Waals surface area (Å²) in [6.07, 6.45) is 6.36. The first kappa shape index (κ1) is 27.5. The first-order valence-electron chi connectivity index (χ1n) is 13.8. The number of pyridine rings is 1. The van der Waals surface area contributed by atoms with Gasteiger partial charge in [0.2, 0.25) is 0 Å². The maximum absolute atomic E-state index is 10.5. The van der Waals surface area contributed by atoms with Crippen molar-refractivity contribution in [3.05, 3.63) is 66.6 Å². The fourth-order valence-corrected chi connectivity index (χ4v) is 5.79. The Hall–Kier alpha value is -3.11. The molecule has 0 bridgehead atoms. The van der Waals surface area contributed by atoms with Crippen molar-refractivity contribution in [2.75, 3.05) is 25.3 Å². The molecule has 3 N–H and O–H groups in total. The lowest BCUT2D eigenvalue weighted by Crippen LogP contribution is -2.37. The first-order chi connectivity index (χ1) is 18.7. The van der Waals surface area contributed by atoms with Crippen LogP contribution < -0.4 is 5.32 Å². The van der Waals surface area contributed by atoms with Gasteiger partial charge in [-0.1, -0.05) is 56.0 Å². The van der Waals surface area contributed by atoms with Crippen molar-refractivity contribution in [2.45, 2.75) is 62.9 Å². The highest BCUT2D eigenvalue weighted by atomic mass is 28.3. The standard InChI is InChI=1S/C30H39N5O3Si/c1-39(2,3)16-15-38-21-32-28-17-27(23-11-13-30(37,20-36)14-12-23)34-29-25(19-33-35(28)29)24-9-10-26(31-18-24)22-7-5-4-6-8-22/h4-10,17-19,23,32,36-37H,11-16,20-21H2,1-3H3. The Labute approximate surface area is 231 Å². The summed E-state index contributed by atoms with van der Waals surface area (Å²) in [6.45, 7) is 7.95. The lowest BCUT2D eigenvalue weighted by atomic mass is 9.78. The number of aromatic nitrogens is 4. The van der Waals surface area contributed by atoms with Crippen molar-refractivity contribution in [1.29, 1.82) is 0 Å². The number of benzene rings is 1. The third kappa shape index (κ3) is 6.55. The van der Waals surface area contributed by atoms with Gasteiger partial charge in [0.15, 0.2) is 5.65 Å². The predicted octanol–water partition coefficient (Wildman–Crippen LogP) is 5.56. The molecule has 0 atom stereocenters. The Kier molecular flexibility index (Phi) is 8.13. The minimum Gasteiger partial charge on any atom is -0.393 e. The van der Waals surface area contributed by atoms with Gasteiger partial charge in [-0.05, 0) is 37.8 Å². The number of fused-ring (bicyclic) bond motifs is 1. The Morgan fingerprint density at radius 3 is 2.49 bits per heavy atom. The van der Waals surface area contributed by atoms with Gasteiger partial charge in [0, 0.05) is 55.2 Å². The summed E-state index contributed by atoms with van der Waals surface area (Å²) < 4.78 is 7.76. The summed E-state index contributed by atoms with van der Waals surface area (Å²) in [5, 5.41) is 28.3. The number of aliphatic hydroxyl groups excluding tert-OH is 1. The van der Waals surface area contributed by atoms with E-state index in [1.54, 1.807) is 0 Å². The molecule has 1 saturated carbocycles. The van der Waals surface area contributed by atoms with Crippen LogP contribution in [-0.4, -0.2) is 63.4 Å². The number of hydrogen-bond acceptors (Lipinski definition) is 7. The second kappa shape index (κ2) is 11.6. The molecular weight excluding hydrogens is 506 g/mol.